The van der Waals surface area contributed by atoms with Crippen molar-refractivity contribution in [3.05, 3.63) is 53.6 Å². The van der Waals surface area contributed by atoms with Crippen LogP contribution in [0.15, 0.2) is 42.5 Å². The summed E-state index contributed by atoms with van der Waals surface area (Å²) in [5.74, 6) is 1.71. The summed E-state index contributed by atoms with van der Waals surface area (Å²) in [5.41, 5.74) is 3.05. The van der Waals surface area contributed by atoms with Crippen molar-refractivity contribution in [3.8, 4) is 22.9 Å². The fraction of sp³-hybridized carbons (Fsp3) is 0.300. The third-order valence-corrected chi connectivity index (χ3v) is 4.63. The Hall–Kier alpha value is -3.42. The Morgan fingerprint density at radius 1 is 1.18 bits per heavy atom. The first kappa shape index (κ1) is 18.0. The number of tetrazole rings is 1. The summed E-state index contributed by atoms with van der Waals surface area (Å²) in [4.78, 5) is 13.7. The van der Waals surface area contributed by atoms with Crippen LogP contribution in [0.25, 0.3) is 11.4 Å². The molecule has 0 saturated carbocycles. The molecular weight excluding hydrogens is 358 g/mol. The number of aryl methyl sites for hydroxylation is 1. The van der Waals surface area contributed by atoms with Gasteiger partial charge in [0.05, 0.1) is 6.04 Å². The van der Waals surface area contributed by atoms with Gasteiger partial charge in [-0.15, -0.1) is 10.2 Å². The van der Waals surface area contributed by atoms with Crippen LogP contribution in [-0.4, -0.2) is 32.9 Å². The Labute approximate surface area is 162 Å². The number of carbonyl (C=O) groups excluding carboxylic acids is 1. The number of aromatic nitrogens is 4. The Morgan fingerprint density at radius 2 is 1.96 bits per heavy atom. The molecule has 4 rings (SSSR count). The molecule has 2 heterocycles. The monoisotopic (exact) mass is 379 g/mol. The standard InChI is InChI=1S/C20H21N5O3/c1-3-14-4-6-15(7-5-14)20-22-24-25(23-20)11-19(26)21-13(2)16-8-9-17-18(10-16)28-12-27-17/h4-10,13H,3,11-12H2,1-2H3,(H,21,26)/t13-/m0/s1. The molecule has 0 spiro atoms. The average Bonchev–Trinajstić information content (AvgIpc) is 3.36. The zero-order valence-electron chi connectivity index (χ0n) is 15.8. The normalized spacial score (nSPS) is 13.4. The summed E-state index contributed by atoms with van der Waals surface area (Å²) in [6, 6.07) is 13.4. The van der Waals surface area contributed by atoms with Crippen molar-refractivity contribution in [1.82, 2.24) is 25.5 Å². The van der Waals surface area contributed by atoms with Gasteiger partial charge in [0.15, 0.2) is 11.5 Å². The molecule has 0 aliphatic carbocycles. The second-order valence-electron chi connectivity index (χ2n) is 6.60. The molecular formula is C20H21N5O3. The molecule has 8 nitrogen and oxygen atoms in total. The summed E-state index contributed by atoms with van der Waals surface area (Å²) in [5, 5.41) is 15.3. The number of ether oxygens (including phenoxy) is 2. The highest BCUT2D eigenvalue weighted by Gasteiger charge is 2.17. The van der Waals surface area contributed by atoms with E-state index in [0.717, 1.165) is 17.5 Å². The van der Waals surface area contributed by atoms with E-state index in [0.29, 0.717) is 17.3 Å². The van der Waals surface area contributed by atoms with Crippen molar-refractivity contribution in [1.29, 1.82) is 0 Å². The van der Waals surface area contributed by atoms with Gasteiger partial charge in [-0.3, -0.25) is 4.79 Å². The number of hydrogen-bond donors (Lipinski definition) is 1. The van der Waals surface area contributed by atoms with Crippen LogP contribution in [0.1, 0.15) is 31.0 Å². The molecule has 144 valence electrons. The van der Waals surface area contributed by atoms with E-state index in [9.17, 15) is 4.79 Å². The number of amides is 1. The van der Waals surface area contributed by atoms with Gasteiger partial charge in [0.1, 0.15) is 6.54 Å². The van der Waals surface area contributed by atoms with Crippen LogP contribution >= 0.6 is 0 Å². The molecule has 0 saturated heterocycles. The van der Waals surface area contributed by atoms with E-state index < -0.39 is 0 Å². The first-order valence-electron chi connectivity index (χ1n) is 9.18. The number of nitrogens with one attached hydrogen (secondary N) is 1. The third-order valence-electron chi connectivity index (χ3n) is 4.63. The van der Waals surface area contributed by atoms with Gasteiger partial charge in [0.2, 0.25) is 18.5 Å². The first-order chi connectivity index (χ1) is 13.6. The lowest BCUT2D eigenvalue weighted by Crippen LogP contribution is -2.30. The fourth-order valence-corrected chi connectivity index (χ4v) is 3.00. The molecule has 1 atom stereocenters. The first-order valence-corrected chi connectivity index (χ1v) is 9.18. The Bertz CT molecular complexity index is 984. The van der Waals surface area contributed by atoms with Gasteiger partial charge >= 0.3 is 0 Å². The van der Waals surface area contributed by atoms with E-state index in [1.807, 2.05) is 49.4 Å². The number of hydrogen-bond acceptors (Lipinski definition) is 6. The highest BCUT2D eigenvalue weighted by molar-refractivity contribution is 5.76. The van der Waals surface area contributed by atoms with Crippen LogP contribution in [-0.2, 0) is 17.8 Å². The van der Waals surface area contributed by atoms with Crippen LogP contribution in [0.4, 0.5) is 0 Å². The van der Waals surface area contributed by atoms with Gasteiger partial charge in [0, 0.05) is 5.56 Å². The molecule has 1 N–H and O–H groups in total. The quantitative estimate of drug-likeness (QED) is 0.708. The van der Waals surface area contributed by atoms with Gasteiger partial charge < -0.3 is 14.8 Å². The topological polar surface area (TPSA) is 91.2 Å². The fourth-order valence-electron chi connectivity index (χ4n) is 3.00. The lowest BCUT2D eigenvalue weighted by Gasteiger charge is -2.14. The van der Waals surface area contributed by atoms with Crippen LogP contribution < -0.4 is 14.8 Å². The van der Waals surface area contributed by atoms with E-state index in [-0.39, 0.29) is 25.3 Å². The largest absolute Gasteiger partial charge is 0.454 e. The van der Waals surface area contributed by atoms with E-state index in [1.54, 1.807) is 0 Å². The minimum absolute atomic E-state index is 0.00502. The predicted molar refractivity (Wildman–Crippen MR) is 102 cm³/mol. The summed E-state index contributed by atoms with van der Waals surface area (Å²) in [6.45, 7) is 4.23. The Kier molecular flexibility index (Phi) is 4.92. The maximum atomic E-state index is 12.4. The SMILES string of the molecule is CCc1ccc(-c2nnn(CC(=O)N[C@@H](C)c3ccc4c(c3)OCO4)n2)cc1. The van der Waals surface area contributed by atoms with Crippen molar-refractivity contribution in [2.75, 3.05) is 6.79 Å². The Balaban J connectivity index is 1.37. The molecule has 0 fully saturated rings. The average molecular weight is 379 g/mol. The zero-order valence-corrected chi connectivity index (χ0v) is 15.8. The molecule has 1 aromatic heterocycles. The highest BCUT2D eigenvalue weighted by Crippen LogP contribution is 2.34. The molecule has 0 unspecified atom stereocenters. The van der Waals surface area contributed by atoms with E-state index >= 15 is 0 Å². The molecule has 8 heteroatoms. The molecule has 2 aromatic carbocycles. The summed E-state index contributed by atoms with van der Waals surface area (Å²) < 4.78 is 10.7. The summed E-state index contributed by atoms with van der Waals surface area (Å²) >= 11 is 0. The van der Waals surface area contributed by atoms with Crippen molar-refractivity contribution < 1.29 is 14.3 Å². The second-order valence-corrected chi connectivity index (χ2v) is 6.60. The van der Waals surface area contributed by atoms with E-state index in [1.165, 1.54) is 10.4 Å². The van der Waals surface area contributed by atoms with Crippen molar-refractivity contribution in [2.24, 2.45) is 0 Å². The third kappa shape index (κ3) is 3.80. The second kappa shape index (κ2) is 7.67. The smallest absolute Gasteiger partial charge is 0.244 e. The van der Waals surface area contributed by atoms with Crippen LogP contribution in [0, 0.1) is 0 Å². The number of rotatable bonds is 6. The predicted octanol–water partition coefficient (Wildman–Crippen LogP) is 2.51. The van der Waals surface area contributed by atoms with E-state index in [2.05, 4.69) is 27.7 Å². The zero-order chi connectivity index (χ0) is 19.5. The molecule has 0 radical (unpaired) electrons. The minimum Gasteiger partial charge on any atom is -0.454 e. The van der Waals surface area contributed by atoms with Crippen molar-refractivity contribution >= 4 is 5.91 Å². The van der Waals surface area contributed by atoms with Gasteiger partial charge in [-0.2, -0.15) is 4.80 Å². The lowest BCUT2D eigenvalue weighted by molar-refractivity contribution is -0.122. The van der Waals surface area contributed by atoms with Crippen LogP contribution in [0.3, 0.4) is 0 Å². The Morgan fingerprint density at radius 3 is 2.75 bits per heavy atom. The molecule has 28 heavy (non-hydrogen) atoms. The van der Waals surface area contributed by atoms with Gasteiger partial charge in [-0.25, -0.2) is 0 Å². The maximum absolute atomic E-state index is 12.4. The summed E-state index contributed by atoms with van der Waals surface area (Å²) in [6.07, 6.45) is 0.974. The molecule has 0 bridgehead atoms. The number of fused-ring (bicyclic) bond motifs is 1. The molecule has 1 amide bonds. The van der Waals surface area contributed by atoms with Crippen LogP contribution in [0.5, 0.6) is 11.5 Å². The number of benzene rings is 2. The van der Waals surface area contributed by atoms with Crippen molar-refractivity contribution in [2.45, 2.75) is 32.9 Å². The molecule has 3 aromatic rings. The van der Waals surface area contributed by atoms with Crippen LogP contribution in [0.2, 0.25) is 0 Å². The highest BCUT2D eigenvalue weighted by atomic mass is 16.7. The maximum Gasteiger partial charge on any atom is 0.244 e. The van der Waals surface area contributed by atoms with Gasteiger partial charge in [0.25, 0.3) is 0 Å². The van der Waals surface area contributed by atoms with Gasteiger partial charge in [-0.1, -0.05) is 37.3 Å². The van der Waals surface area contributed by atoms with Gasteiger partial charge in [-0.05, 0) is 41.8 Å². The van der Waals surface area contributed by atoms with Crippen molar-refractivity contribution in [3.63, 3.8) is 0 Å². The molecule has 1 aliphatic heterocycles. The number of carbonyl (C=O) groups is 1. The molecule has 1 aliphatic rings. The summed E-state index contributed by atoms with van der Waals surface area (Å²) in [7, 11) is 0. The van der Waals surface area contributed by atoms with E-state index in [4.69, 9.17) is 9.47 Å². The lowest BCUT2D eigenvalue weighted by atomic mass is 10.1. The minimum atomic E-state index is -0.199. The number of nitrogens with zero attached hydrogens (tertiary/aromatic N) is 4.